The molecule has 2 aromatic carbocycles. The van der Waals surface area contributed by atoms with E-state index >= 15 is 0 Å². The van der Waals surface area contributed by atoms with Crippen LogP contribution in [0.15, 0.2) is 60.7 Å². The lowest BCUT2D eigenvalue weighted by molar-refractivity contribution is -0.141. The summed E-state index contributed by atoms with van der Waals surface area (Å²) in [5, 5.41) is 2.96. The molecule has 0 spiro atoms. The Morgan fingerprint density at radius 1 is 1.04 bits per heavy atom. The average Bonchev–Trinajstić information content (AvgIpc) is 2.73. The predicted molar refractivity (Wildman–Crippen MR) is 106 cm³/mol. The van der Waals surface area contributed by atoms with Gasteiger partial charge in [0.25, 0.3) is 5.91 Å². The Balaban J connectivity index is 1.51. The van der Waals surface area contributed by atoms with Gasteiger partial charge >= 0.3 is 0 Å². The van der Waals surface area contributed by atoms with Crippen molar-refractivity contribution >= 4 is 17.5 Å². The molecule has 1 saturated heterocycles. The second kappa shape index (κ2) is 9.21. The number of likely N-dealkylation sites (tertiary alicyclic amines) is 1. The van der Waals surface area contributed by atoms with Gasteiger partial charge in [-0.05, 0) is 43.5 Å². The first kappa shape index (κ1) is 19.0. The van der Waals surface area contributed by atoms with Crippen LogP contribution >= 0.6 is 0 Å². The van der Waals surface area contributed by atoms with Crippen LogP contribution in [0.1, 0.15) is 26.2 Å². The SMILES string of the molecule is CC[C@@H](Oc1ccccc1)C(=O)N1CCC(C(=O)Nc2ccccc2)CC1. The number of nitrogens with one attached hydrogen (secondary N) is 1. The zero-order chi connectivity index (χ0) is 19.1. The summed E-state index contributed by atoms with van der Waals surface area (Å²) in [5.74, 6) is 0.670. The summed E-state index contributed by atoms with van der Waals surface area (Å²) in [6, 6.07) is 18.9. The van der Waals surface area contributed by atoms with E-state index in [1.54, 1.807) is 0 Å². The van der Waals surface area contributed by atoms with Gasteiger partial charge in [0.1, 0.15) is 5.75 Å². The molecule has 0 aliphatic carbocycles. The molecule has 1 heterocycles. The minimum absolute atomic E-state index is 0.00303. The molecule has 1 atom stereocenters. The van der Waals surface area contributed by atoms with E-state index in [1.807, 2.05) is 72.5 Å². The minimum atomic E-state index is -0.484. The average molecular weight is 366 g/mol. The number of benzene rings is 2. The van der Waals surface area contributed by atoms with Crippen molar-refractivity contribution in [3.8, 4) is 5.75 Å². The van der Waals surface area contributed by atoms with Crippen LogP contribution in [0.4, 0.5) is 5.69 Å². The van der Waals surface area contributed by atoms with Gasteiger partial charge in [0, 0.05) is 24.7 Å². The van der Waals surface area contributed by atoms with E-state index in [0.29, 0.717) is 38.1 Å². The fourth-order valence-corrected chi connectivity index (χ4v) is 3.30. The molecule has 5 heteroatoms. The summed E-state index contributed by atoms with van der Waals surface area (Å²) in [7, 11) is 0. The summed E-state index contributed by atoms with van der Waals surface area (Å²) in [6.45, 7) is 3.12. The number of rotatable bonds is 6. The summed E-state index contributed by atoms with van der Waals surface area (Å²) in [4.78, 5) is 27.1. The number of nitrogens with zero attached hydrogens (tertiary/aromatic N) is 1. The van der Waals surface area contributed by atoms with Crippen LogP contribution in [0.3, 0.4) is 0 Å². The van der Waals surface area contributed by atoms with Crippen molar-refractivity contribution in [1.29, 1.82) is 0 Å². The lowest BCUT2D eigenvalue weighted by atomic mass is 9.95. The van der Waals surface area contributed by atoms with E-state index in [9.17, 15) is 9.59 Å². The first-order valence-corrected chi connectivity index (χ1v) is 9.53. The smallest absolute Gasteiger partial charge is 0.263 e. The van der Waals surface area contributed by atoms with Gasteiger partial charge in [-0.1, -0.05) is 43.3 Å². The van der Waals surface area contributed by atoms with Gasteiger partial charge in [-0.3, -0.25) is 9.59 Å². The quantitative estimate of drug-likeness (QED) is 0.848. The Hall–Kier alpha value is -2.82. The van der Waals surface area contributed by atoms with E-state index in [0.717, 1.165) is 5.69 Å². The number of carbonyl (C=O) groups is 2. The summed E-state index contributed by atoms with van der Waals surface area (Å²) >= 11 is 0. The molecule has 1 aliphatic rings. The topological polar surface area (TPSA) is 58.6 Å². The molecule has 3 rings (SSSR count). The predicted octanol–water partition coefficient (Wildman–Crippen LogP) is 3.72. The van der Waals surface area contributed by atoms with Gasteiger partial charge in [0.2, 0.25) is 5.91 Å². The molecular weight excluding hydrogens is 340 g/mol. The number of carbonyl (C=O) groups excluding carboxylic acids is 2. The van der Waals surface area contributed by atoms with Crippen LogP contribution in [0.25, 0.3) is 0 Å². The summed E-state index contributed by atoms with van der Waals surface area (Å²) in [6.07, 6.45) is 1.47. The third-order valence-electron chi connectivity index (χ3n) is 4.89. The number of hydrogen-bond acceptors (Lipinski definition) is 3. The fourth-order valence-electron chi connectivity index (χ4n) is 3.30. The third kappa shape index (κ3) is 5.09. The lowest BCUT2D eigenvalue weighted by Gasteiger charge is -2.33. The minimum Gasteiger partial charge on any atom is -0.481 e. The molecular formula is C22H26N2O3. The lowest BCUT2D eigenvalue weighted by Crippen LogP contribution is -2.47. The number of piperidine rings is 1. The van der Waals surface area contributed by atoms with Crippen LogP contribution in [0, 0.1) is 5.92 Å². The van der Waals surface area contributed by atoms with Crippen molar-refractivity contribution in [3.63, 3.8) is 0 Å². The molecule has 0 bridgehead atoms. The van der Waals surface area contributed by atoms with Crippen molar-refractivity contribution in [1.82, 2.24) is 4.90 Å². The number of anilines is 1. The molecule has 5 nitrogen and oxygen atoms in total. The molecule has 0 radical (unpaired) electrons. The van der Waals surface area contributed by atoms with Crippen molar-refractivity contribution in [2.45, 2.75) is 32.3 Å². The third-order valence-corrected chi connectivity index (χ3v) is 4.89. The highest BCUT2D eigenvalue weighted by atomic mass is 16.5. The maximum atomic E-state index is 12.8. The second-order valence-corrected chi connectivity index (χ2v) is 6.78. The molecule has 0 unspecified atom stereocenters. The Morgan fingerprint density at radius 2 is 1.63 bits per heavy atom. The number of ether oxygens (including phenoxy) is 1. The molecule has 142 valence electrons. The Morgan fingerprint density at radius 3 is 2.22 bits per heavy atom. The molecule has 0 aromatic heterocycles. The highest BCUT2D eigenvalue weighted by molar-refractivity contribution is 5.92. The van der Waals surface area contributed by atoms with Crippen LogP contribution < -0.4 is 10.1 Å². The van der Waals surface area contributed by atoms with Crippen molar-refractivity contribution in [2.75, 3.05) is 18.4 Å². The molecule has 27 heavy (non-hydrogen) atoms. The highest BCUT2D eigenvalue weighted by Gasteiger charge is 2.31. The second-order valence-electron chi connectivity index (χ2n) is 6.78. The van der Waals surface area contributed by atoms with Crippen molar-refractivity contribution < 1.29 is 14.3 Å². The Kier molecular flexibility index (Phi) is 6.47. The monoisotopic (exact) mass is 366 g/mol. The first-order chi connectivity index (χ1) is 13.2. The van der Waals surface area contributed by atoms with Crippen molar-refractivity contribution in [2.24, 2.45) is 5.92 Å². The Bertz CT molecular complexity index is 741. The fraction of sp³-hybridized carbons (Fsp3) is 0.364. The zero-order valence-electron chi connectivity index (χ0n) is 15.6. The van der Waals surface area contributed by atoms with E-state index in [4.69, 9.17) is 4.74 Å². The molecule has 2 aromatic rings. The molecule has 1 aliphatic heterocycles. The van der Waals surface area contributed by atoms with Gasteiger partial charge in [-0.25, -0.2) is 0 Å². The van der Waals surface area contributed by atoms with E-state index in [2.05, 4.69) is 5.32 Å². The molecule has 1 N–H and O–H groups in total. The van der Waals surface area contributed by atoms with Crippen LogP contribution in [-0.4, -0.2) is 35.9 Å². The van der Waals surface area contributed by atoms with E-state index in [-0.39, 0.29) is 17.7 Å². The molecule has 0 saturated carbocycles. The maximum Gasteiger partial charge on any atom is 0.263 e. The molecule has 1 fully saturated rings. The van der Waals surface area contributed by atoms with E-state index in [1.165, 1.54) is 0 Å². The largest absolute Gasteiger partial charge is 0.481 e. The van der Waals surface area contributed by atoms with Gasteiger partial charge < -0.3 is 15.0 Å². The number of hydrogen-bond donors (Lipinski definition) is 1. The normalized spacial score (nSPS) is 15.8. The van der Waals surface area contributed by atoms with Gasteiger partial charge in [0.15, 0.2) is 6.10 Å². The zero-order valence-corrected chi connectivity index (χ0v) is 15.6. The van der Waals surface area contributed by atoms with Gasteiger partial charge in [-0.15, -0.1) is 0 Å². The van der Waals surface area contributed by atoms with Crippen molar-refractivity contribution in [3.05, 3.63) is 60.7 Å². The van der Waals surface area contributed by atoms with Gasteiger partial charge in [0.05, 0.1) is 0 Å². The molecule has 2 amide bonds. The number of amides is 2. The highest BCUT2D eigenvalue weighted by Crippen LogP contribution is 2.22. The summed E-state index contributed by atoms with van der Waals surface area (Å²) < 4.78 is 5.86. The first-order valence-electron chi connectivity index (χ1n) is 9.53. The number of para-hydroxylation sites is 2. The maximum absolute atomic E-state index is 12.8. The standard InChI is InChI=1S/C22H26N2O3/c1-2-20(27-19-11-7-4-8-12-19)22(26)24-15-13-17(14-16-24)21(25)23-18-9-5-3-6-10-18/h3-12,17,20H,2,13-16H2,1H3,(H,23,25)/t20-/m1/s1. The van der Waals surface area contributed by atoms with Crippen LogP contribution in [0.5, 0.6) is 5.75 Å². The summed E-state index contributed by atoms with van der Waals surface area (Å²) in [5.41, 5.74) is 0.809. The Labute approximate surface area is 160 Å². The van der Waals surface area contributed by atoms with Gasteiger partial charge in [-0.2, -0.15) is 0 Å². The van der Waals surface area contributed by atoms with Crippen LogP contribution in [-0.2, 0) is 9.59 Å². The van der Waals surface area contributed by atoms with Crippen LogP contribution in [0.2, 0.25) is 0 Å². The van der Waals surface area contributed by atoms with E-state index < -0.39 is 6.10 Å².